The highest BCUT2D eigenvalue weighted by Crippen LogP contribution is 2.31. The van der Waals surface area contributed by atoms with Gasteiger partial charge in [0.2, 0.25) is 20.3 Å². The number of carbonyl (C=O) groups is 1. The molecule has 18 heavy (non-hydrogen) atoms. The lowest BCUT2D eigenvalue weighted by atomic mass is 10.1. The third-order valence-electron chi connectivity index (χ3n) is 3.11. The van der Waals surface area contributed by atoms with Crippen molar-refractivity contribution in [2.45, 2.75) is 18.9 Å². The third-order valence-corrected chi connectivity index (χ3v) is 3.11. The SMILES string of the molecule is [B]N(C=O)c1cccnc1OC1(C)CCN(C)C1. The lowest BCUT2D eigenvalue weighted by Gasteiger charge is -2.27. The summed E-state index contributed by atoms with van der Waals surface area (Å²) in [7, 11) is 7.62. The van der Waals surface area contributed by atoms with Crippen molar-refractivity contribution in [2.24, 2.45) is 0 Å². The predicted molar refractivity (Wildman–Crippen MR) is 69.7 cm³/mol. The molecule has 5 nitrogen and oxygen atoms in total. The van der Waals surface area contributed by atoms with Crippen molar-refractivity contribution in [2.75, 3.05) is 24.9 Å². The van der Waals surface area contributed by atoms with Crippen LogP contribution >= 0.6 is 0 Å². The number of rotatable bonds is 4. The van der Waals surface area contributed by atoms with Gasteiger partial charge in [-0.15, -0.1) is 0 Å². The van der Waals surface area contributed by atoms with E-state index in [1.807, 2.05) is 6.92 Å². The van der Waals surface area contributed by atoms with Crippen LogP contribution in [0, 0.1) is 0 Å². The van der Waals surface area contributed by atoms with Crippen molar-refractivity contribution < 1.29 is 9.53 Å². The maximum absolute atomic E-state index is 10.7. The Bertz CT molecular complexity index is 443. The van der Waals surface area contributed by atoms with E-state index >= 15 is 0 Å². The lowest BCUT2D eigenvalue weighted by molar-refractivity contribution is -0.106. The van der Waals surface area contributed by atoms with Gasteiger partial charge in [0.15, 0.2) is 0 Å². The number of likely N-dealkylation sites (tertiary alicyclic amines) is 1. The Morgan fingerprint density at radius 2 is 2.44 bits per heavy atom. The number of hydrogen-bond donors (Lipinski definition) is 0. The van der Waals surface area contributed by atoms with E-state index < -0.39 is 0 Å². The average molecular weight is 245 g/mol. The molecule has 6 heteroatoms. The van der Waals surface area contributed by atoms with Crippen LogP contribution in [0.2, 0.25) is 0 Å². The molecule has 2 heterocycles. The molecule has 0 bridgehead atoms. The normalized spacial score (nSPS) is 23.9. The van der Waals surface area contributed by atoms with Crippen LogP contribution in [-0.4, -0.2) is 50.0 Å². The Labute approximate surface area is 108 Å². The van der Waals surface area contributed by atoms with E-state index in [1.165, 1.54) is 0 Å². The van der Waals surface area contributed by atoms with Gasteiger partial charge < -0.3 is 14.4 Å². The van der Waals surface area contributed by atoms with Crippen LogP contribution in [0.25, 0.3) is 0 Å². The van der Waals surface area contributed by atoms with Crippen LogP contribution in [0.1, 0.15) is 13.3 Å². The molecule has 1 aliphatic rings. The van der Waals surface area contributed by atoms with E-state index in [0.717, 1.165) is 24.3 Å². The van der Waals surface area contributed by atoms with Crippen molar-refractivity contribution in [3.63, 3.8) is 0 Å². The molecule has 1 aromatic rings. The fraction of sp³-hybridized carbons (Fsp3) is 0.500. The molecular weight excluding hydrogens is 229 g/mol. The molecule has 1 amide bonds. The molecule has 1 fully saturated rings. The van der Waals surface area contributed by atoms with Gasteiger partial charge in [0, 0.05) is 25.7 Å². The Hall–Kier alpha value is -1.56. The van der Waals surface area contributed by atoms with Gasteiger partial charge >= 0.3 is 0 Å². The minimum absolute atomic E-state index is 0.290. The predicted octanol–water partition coefficient (Wildman–Crippen LogP) is 0.601. The minimum atomic E-state index is -0.290. The number of anilines is 1. The highest BCUT2D eigenvalue weighted by Gasteiger charge is 2.35. The Balaban J connectivity index is 2.21. The lowest BCUT2D eigenvalue weighted by Crippen LogP contribution is -2.36. The summed E-state index contributed by atoms with van der Waals surface area (Å²) < 4.78 is 5.95. The maximum atomic E-state index is 10.7. The van der Waals surface area contributed by atoms with E-state index in [1.54, 1.807) is 18.3 Å². The molecule has 0 N–H and O–H groups in total. The summed E-state index contributed by atoms with van der Waals surface area (Å²) in [4.78, 5) is 18.1. The second kappa shape index (κ2) is 4.98. The van der Waals surface area contributed by atoms with Crippen LogP contribution in [0.5, 0.6) is 5.88 Å². The standard InChI is InChI=1S/C12H16BN3O2/c1-12(5-7-15(2)8-12)18-11-10(16(13)9-17)4-3-6-14-11/h3-4,6,9H,5,7-8H2,1-2H3. The topological polar surface area (TPSA) is 45.7 Å². The van der Waals surface area contributed by atoms with Gasteiger partial charge in [-0.1, -0.05) is 0 Å². The number of hydrogen-bond acceptors (Lipinski definition) is 4. The minimum Gasteiger partial charge on any atom is -0.468 e. The Morgan fingerprint density at radius 3 is 3.06 bits per heavy atom. The van der Waals surface area contributed by atoms with E-state index in [-0.39, 0.29) is 5.60 Å². The molecule has 0 spiro atoms. The number of aromatic nitrogens is 1. The van der Waals surface area contributed by atoms with Gasteiger partial charge in [-0.05, 0) is 26.1 Å². The van der Waals surface area contributed by atoms with Crippen LogP contribution in [-0.2, 0) is 4.79 Å². The molecule has 1 aromatic heterocycles. The van der Waals surface area contributed by atoms with E-state index in [4.69, 9.17) is 12.7 Å². The van der Waals surface area contributed by atoms with Gasteiger partial charge in [-0.25, -0.2) is 4.98 Å². The van der Waals surface area contributed by atoms with Crippen molar-refractivity contribution >= 4 is 20.1 Å². The van der Waals surface area contributed by atoms with E-state index in [9.17, 15) is 4.79 Å². The average Bonchev–Trinajstić information content (AvgIpc) is 2.68. The molecular formula is C12H16BN3O2. The summed E-state index contributed by atoms with van der Waals surface area (Å²) in [6.07, 6.45) is 3.08. The number of pyridine rings is 1. The number of carbonyl (C=O) groups excluding carboxylic acids is 1. The number of amides is 1. The van der Waals surface area contributed by atoms with Gasteiger partial charge in [-0.3, -0.25) is 4.79 Å². The van der Waals surface area contributed by atoms with Crippen molar-refractivity contribution in [1.82, 2.24) is 9.88 Å². The van der Waals surface area contributed by atoms with Crippen molar-refractivity contribution in [1.29, 1.82) is 0 Å². The second-order valence-corrected chi connectivity index (χ2v) is 4.88. The van der Waals surface area contributed by atoms with Gasteiger partial charge in [0.1, 0.15) is 5.60 Å². The first kappa shape index (κ1) is 12.9. The van der Waals surface area contributed by atoms with Crippen molar-refractivity contribution in [3.05, 3.63) is 18.3 Å². The summed E-state index contributed by atoms with van der Waals surface area (Å²) in [5.41, 5.74) is 0.185. The highest BCUT2D eigenvalue weighted by molar-refractivity contribution is 6.26. The monoisotopic (exact) mass is 245 g/mol. The number of nitrogens with zero attached hydrogens (tertiary/aromatic N) is 3. The van der Waals surface area contributed by atoms with Crippen LogP contribution in [0.3, 0.4) is 0 Å². The molecule has 0 aliphatic carbocycles. The Morgan fingerprint density at radius 1 is 1.67 bits per heavy atom. The van der Waals surface area contributed by atoms with Crippen molar-refractivity contribution in [3.8, 4) is 5.88 Å². The molecule has 2 rings (SSSR count). The summed E-state index contributed by atoms with van der Waals surface area (Å²) in [6.45, 7) is 3.85. The van der Waals surface area contributed by atoms with Crippen LogP contribution < -0.4 is 9.55 Å². The van der Waals surface area contributed by atoms with Gasteiger partial charge in [0.05, 0.1) is 5.69 Å². The second-order valence-electron chi connectivity index (χ2n) is 4.88. The largest absolute Gasteiger partial charge is 0.468 e. The number of ether oxygens (including phenoxy) is 1. The third kappa shape index (κ3) is 2.64. The summed E-state index contributed by atoms with van der Waals surface area (Å²) in [6, 6.07) is 3.42. The van der Waals surface area contributed by atoms with E-state index in [2.05, 4.69) is 16.9 Å². The molecule has 0 aromatic carbocycles. The van der Waals surface area contributed by atoms with E-state index in [0.29, 0.717) is 18.0 Å². The van der Waals surface area contributed by atoms with Gasteiger partial charge in [-0.2, -0.15) is 0 Å². The first-order chi connectivity index (χ1) is 8.54. The first-order valence-electron chi connectivity index (χ1n) is 5.86. The molecule has 0 saturated carbocycles. The van der Waals surface area contributed by atoms with Crippen LogP contribution in [0.15, 0.2) is 18.3 Å². The van der Waals surface area contributed by atoms with Crippen LogP contribution in [0.4, 0.5) is 5.69 Å². The molecule has 1 aliphatic heterocycles. The first-order valence-corrected chi connectivity index (χ1v) is 5.86. The fourth-order valence-electron chi connectivity index (χ4n) is 2.19. The van der Waals surface area contributed by atoms with Gasteiger partial charge in [0.25, 0.3) is 0 Å². The molecule has 1 atom stereocenters. The zero-order chi connectivity index (χ0) is 13.2. The number of likely N-dealkylation sites (N-methyl/N-ethyl adjacent to an activating group) is 1. The zero-order valence-electron chi connectivity index (χ0n) is 10.7. The Kier molecular flexibility index (Phi) is 3.56. The quantitative estimate of drug-likeness (QED) is 0.575. The highest BCUT2D eigenvalue weighted by atomic mass is 16.5. The maximum Gasteiger partial charge on any atom is 0.238 e. The fourth-order valence-corrected chi connectivity index (χ4v) is 2.19. The summed E-state index contributed by atoms with van der Waals surface area (Å²) >= 11 is 0. The molecule has 1 saturated heterocycles. The molecule has 2 radical (unpaired) electrons. The summed E-state index contributed by atoms with van der Waals surface area (Å²) in [5, 5.41) is 0. The zero-order valence-corrected chi connectivity index (χ0v) is 10.7. The smallest absolute Gasteiger partial charge is 0.238 e. The summed E-state index contributed by atoms with van der Waals surface area (Å²) in [5.74, 6) is 0.393. The molecule has 94 valence electrons. The molecule has 1 unspecified atom stereocenters.